The average Bonchev–Trinajstić information content (AvgIpc) is 2.98. The van der Waals surface area contributed by atoms with Crippen molar-refractivity contribution in [3.05, 3.63) is 34.9 Å². The third kappa shape index (κ3) is 10.9. The first-order valence-electron chi connectivity index (χ1n) is 5.49. The number of rotatable bonds is 0. The van der Waals surface area contributed by atoms with E-state index < -0.39 is 0 Å². The predicted molar refractivity (Wildman–Crippen MR) is 70.8 cm³/mol. The fourth-order valence-corrected chi connectivity index (χ4v) is 0.962. The van der Waals surface area contributed by atoms with Crippen LogP contribution in [0.15, 0.2) is 28.8 Å². The van der Waals surface area contributed by atoms with Crippen molar-refractivity contribution in [2.75, 3.05) is 0 Å². The van der Waals surface area contributed by atoms with Crippen LogP contribution in [0.25, 0.3) is 0 Å². The van der Waals surface area contributed by atoms with E-state index in [4.69, 9.17) is 0 Å². The molecule has 0 spiro atoms. The molecule has 0 radical (unpaired) electrons. The molecule has 0 saturated carbocycles. The highest BCUT2D eigenvalue weighted by Crippen LogP contribution is 1.99. The van der Waals surface area contributed by atoms with Crippen LogP contribution in [0, 0.1) is 13.8 Å². The van der Waals surface area contributed by atoms with Gasteiger partial charge in [0.25, 0.3) is 0 Å². The van der Waals surface area contributed by atoms with Gasteiger partial charge in [-0.1, -0.05) is 27.7 Å². The van der Waals surface area contributed by atoms with Crippen LogP contribution in [0.4, 0.5) is 0 Å². The lowest BCUT2D eigenvalue weighted by Gasteiger charge is -1.63. The molecule has 0 bridgehead atoms. The van der Waals surface area contributed by atoms with Crippen molar-refractivity contribution in [3.63, 3.8) is 0 Å². The second kappa shape index (κ2) is 13.8. The van der Waals surface area contributed by atoms with E-state index in [2.05, 4.69) is 14.4 Å². The normalized spacial score (nSPS) is 7.38. The number of oxazole rings is 1. The van der Waals surface area contributed by atoms with E-state index in [-0.39, 0.29) is 0 Å². The molecule has 0 fully saturated rings. The number of hydrogen-bond donors (Lipinski definition) is 0. The van der Waals surface area contributed by atoms with Gasteiger partial charge in [-0.3, -0.25) is 4.98 Å². The van der Waals surface area contributed by atoms with Crippen LogP contribution in [0.5, 0.6) is 0 Å². The van der Waals surface area contributed by atoms with Crippen molar-refractivity contribution in [2.45, 2.75) is 41.5 Å². The minimum absolute atomic E-state index is 0.926. The van der Waals surface area contributed by atoms with E-state index in [1.165, 1.54) is 11.3 Å². The van der Waals surface area contributed by atoms with Crippen LogP contribution >= 0.6 is 11.3 Å². The zero-order valence-electron chi connectivity index (χ0n) is 11.0. The first kappa shape index (κ1) is 17.2. The summed E-state index contributed by atoms with van der Waals surface area (Å²) in [6.07, 6.45) is 4.86. The fraction of sp³-hybridized carbons (Fsp3) is 0.500. The lowest BCUT2D eigenvalue weighted by molar-refractivity contribution is 0.557. The van der Waals surface area contributed by atoms with Gasteiger partial charge in [-0.25, -0.2) is 4.98 Å². The topological polar surface area (TPSA) is 38.9 Å². The van der Waals surface area contributed by atoms with Crippen molar-refractivity contribution in [1.29, 1.82) is 0 Å². The van der Waals surface area contributed by atoms with Gasteiger partial charge in [-0.05, 0) is 13.8 Å². The molecular weight excluding hydrogens is 220 g/mol. The molecule has 0 N–H and O–H groups in total. The third-order valence-corrected chi connectivity index (χ3v) is 1.82. The van der Waals surface area contributed by atoms with Gasteiger partial charge in [0.1, 0.15) is 6.26 Å². The van der Waals surface area contributed by atoms with Gasteiger partial charge in [0.15, 0.2) is 6.39 Å². The maximum atomic E-state index is 4.60. The highest BCUT2D eigenvalue weighted by molar-refractivity contribution is 7.09. The summed E-state index contributed by atoms with van der Waals surface area (Å²) >= 11 is 1.67. The van der Waals surface area contributed by atoms with E-state index in [1.54, 1.807) is 17.6 Å². The second-order valence-electron chi connectivity index (χ2n) is 2.24. The van der Waals surface area contributed by atoms with Gasteiger partial charge < -0.3 is 4.42 Å². The summed E-state index contributed by atoms with van der Waals surface area (Å²) in [5.41, 5.74) is 2.75. The Hall–Kier alpha value is -1.16. The van der Waals surface area contributed by atoms with Crippen molar-refractivity contribution in [3.8, 4) is 0 Å². The van der Waals surface area contributed by atoms with Crippen molar-refractivity contribution in [2.24, 2.45) is 0 Å². The Labute approximate surface area is 103 Å². The van der Waals surface area contributed by atoms with Gasteiger partial charge in [-0.2, -0.15) is 0 Å². The van der Waals surface area contributed by atoms with Gasteiger partial charge in [0.05, 0.1) is 11.2 Å². The Morgan fingerprint density at radius 1 is 1.12 bits per heavy atom. The molecule has 0 aliphatic heterocycles. The van der Waals surface area contributed by atoms with E-state index in [0.717, 1.165) is 5.69 Å². The van der Waals surface area contributed by atoms with E-state index in [9.17, 15) is 0 Å². The molecule has 0 aromatic carbocycles. The summed E-state index contributed by atoms with van der Waals surface area (Å²) in [5.74, 6) is 0. The molecule has 0 atom stereocenters. The molecule has 2 aromatic heterocycles. The van der Waals surface area contributed by atoms with Gasteiger partial charge in [-0.15, -0.1) is 11.3 Å². The molecule has 4 heteroatoms. The number of nitrogens with zero attached hydrogens (tertiary/aromatic N) is 2. The molecule has 0 aliphatic carbocycles. The zero-order valence-corrected chi connectivity index (χ0v) is 11.8. The summed E-state index contributed by atoms with van der Waals surface area (Å²) < 4.78 is 4.60. The van der Waals surface area contributed by atoms with E-state index in [0.29, 0.717) is 0 Å². The van der Waals surface area contributed by atoms with Crippen LogP contribution in [-0.2, 0) is 0 Å². The minimum Gasteiger partial charge on any atom is -0.452 e. The van der Waals surface area contributed by atoms with Crippen LogP contribution in [0.2, 0.25) is 0 Å². The zero-order chi connectivity index (χ0) is 12.8. The molecule has 2 rings (SSSR count). The number of thiazole rings is 1. The van der Waals surface area contributed by atoms with Crippen LogP contribution in [0.1, 0.15) is 38.3 Å². The number of aryl methyl sites for hydroxylation is 2. The molecule has 2 aromatic rings. The van der Waals surface area contributed by atoms with Crippen LogP contribution < -0.4 is 0 Å². The molecule has 92 valence electrons. The minimum atomic E-state index is 0.926. The quantitative estimate of drug-likeness (QED) is 0.683. The Kier molecular flexibility index (Phi) is 14.9. The highest BCUT2D eigenvalue weighted by Gasteiger charge is 1.77. The van der Waals surface area contributed by atoms with Gasteiger partial charge >= 0.3 is 0 Å². The third-order valence-electron chi connectivity index (χ3n) is 1.11. The molecular formula is C12H22N2OS. The monoisotopic (exact) mass is 242 g/mol. The highest BCUT2D eigenvalue weighted by atomic mass is 32.1. The Bertz CT molecular complexity index is 258. The summed E-state index contributed by atoms with van der Waals surface area (Å²) in [7, 11) is 0. The Balaban J connectivity index is 0. The number of hydrogen-bond acceptors (Lipinski definition) is 4. The summed E-state index contributed by atoms with van der Waals surface area (Å²) in [4.78, 5) is 8.86. The molecule has 0 amide bonds. The average molecular weight is 242 g/mol. The predicted octanol–water partition coefficient (Wildman–Crippen LogP) is 4.49. The summed E-state index contributed by atoms with van der Waals surface area (Å²) in [6.45, 7) is 11.9. The van der Waals surface area contributed by atoms with Gasteiger partial charge in [0.2, 0.25) is 0 Å². The Morgan fingerprint density at radius 2 is 1.75 bits per heavy atom. The molecule has 16 heavy (non-hydrogen) atoms. The largest absolute Gasteiger partial charge is 0.452 e. The first-order chi connectivity index (χ1) is 7.79. The maximum Gasteiger partial charge on any atom is 0.180 e. The van der Waals surface area contributed by atoms with Gasteiger partial charge in [0, 0.05) is 11.1 Å². The summed E-state index contributed by atoms with van der Waals surface area (Å²) in [6, 6.07) is 0. The second-order valence-corrected chi connectivity index (χ2v) is 3.33. The lowest BCUT2D eigenvalue weighted by atomic mass is 10.6. The SMILES string of the molecule is CC.CC.Cc1cncs1.Cc1cocn1. The van der Waals surface area contributed by atoms with Crippen molar-refractivity contribution < 1.29 is 4.42 Å². The standard InChI is InChI=1S/C4H5NO.C4H5NS.2C2H6/c1-4-2-6-3-5-4;1-4-2-5-3-6-4;2*1-2/h2*2-3H,1H3;2*1-2H3. The maximum absolute atomic E-state index is 4.60. The molecule has 2 heterocycles. The smallest absolute Gasteiger partial charge is 0.180 e. The molecule has 3 nitrogen and oxygen atoms in total. The first-order valence-corrected chi connectivity index (χ1v) is 6.37. The number of aromatic nitrogens is 2. The molecule has 0 unspecified atom stereocenters. The van der Waals surface area contributed by atoms with E-state index in [1.807, 2.05) is 53.2 Å². The van der Waals surface area contributed by atoms with Crippen molar-refractivity contribution >= 4 is 11.3 Å². The summed E-state index contributed by atoms with van der Waals surface area (Å²) in [5, 5.41) is 0. The molecule has 0 saturated heterocycles. The Morgan fingerprint density at radius 3 is 1.88 bits per heavy atom. The van der Waals surface area contributed by atoms with Crippen LogP contribution in [0.3, 0.4) is 0 Å². The fourth-order valence-electron chi connectivity index (χ4n) is 0.552. The van der Waals surface area contributed by atoms with Crippen LogP contribution in [-0.4, -0.2) is 9.97 Å². The molecule has 0 aliphatic rings. The van der Waals surface area contributed by atoms with Crippen molar-refractivity contribution in [1.82, 2.24) is 9.97 Å². The lowest BCUT2D eigenvalue weighted by Crippen LogP contribution is -1.59. The van der Waals surface area contributed by atoms with E-state index >= 15 is 0 Å².